The highest BCUT2D eigenvalue weighted by atomic mass is 32.2. The van der Waals surface area contributed by atoms with Gasteiger partial charge in [-0.2, -0.15) is 4.31 Å². The third-order valence-electron chi connectivity index (χ3n) is 5.03. The zero-order chi connectivity index (χ0) is 24.1. The molecule has 0 spiro atoms. The number of hydrogen-bond donors (Lipinski definition) is 2. The molecular weight excluding hydrogens is 482 g/mol. The van der Waals surface area contributed by atoms with Crippen molar-refractivity contribution in [1.29, 1.82) is 0 Å². The van der Waals surface area contributed by atoms with Gasteiger partial charge in [0.25, 0.3) is 5.91 Å². The second kappa shape index (κ2) is 10.5. The van der Waals surface area contributed by atoms with Crippen LogP contribution in [0.1, 0.15) is 12.0 Å². The van der Waals surface area contributed by atoms with Crippen molar-refractivity contribution in [3.63, 3.8) is 0 Å². The fourth-order valence-corrected chi connectivity index (χ4v) is 5.12. The molecule has 1 saturated heterocycles. The van der Waals surface area contributed by atoms with Gasteiger partial charge in [0.15, 0.2) is 16.9 Å². The van der Waals surface area contributed by atoms with Crippen LogP contribution in [0.4, 0.5) is 5.13 Å². The van der Waals surface area contributed by atoms with Crippen LogP contribution >= 0.6 is 11.3 Å². The van der Waals surface area contributed by atoms with Gasteiger partial charge in [0.05, 0.1) is 24.7 Å². The first-order valence-corrected chi connectivity index (χ1v) is 12.7. The van der Waals surface area contributed by atoms with Crippen molar-refractivity contribution in [3.05, 3.63) is 48.2 Å². The number of hydrogen-bond acceptors (Lipinski definition) is 10. The maximum atomic E-state index is 13.1. The molecule has 0 aliphatic carbocycles. The molecule has 1 aliphatic rings. The zero-order valence-electron chi connectivity index (χ0n) is 18.2. The van der Waals surface area contributed by atoms with Gasteiger partial charge in [0.1, 0.15) is 10.3 Å². The zero-order valence-corrected chi connectivity index (χ0v) is 19.9. The number of fused-ring (bicyclic) bond motifs is 1. The number of ether oxygens (including phenoxy) is 1. The van der Waals surface area contributed by atoms with Crippen molar-refractivity contribution in [3.8, 4) is 0 Å². The molecular formula is C21H23N5O6S2. The standard InChI is InChI=1S/C21H23N5O6S2/c1-26(10-11-27)34(29,30)16-6-4-14(5-7-16)18(25-32-15-8-12-31-13-15)19(28)24-21-23-17-3-2-9-22-20(17)33-21/h2-7,9,15,27H,8,10-13H2,1H3,(H,23,24,28)/t15-/m1/s1. The minimum Gasteiger partial charge on any atom is -0.395 e. The SMILES string of the molecule is CN(CCO)S(=O)(=O)c1ccc(C(=NO[C@@H]2CCOC2)C(=O)Nc2nc3cccnc3s2)cc1. The average molecular weight is 506 g/mol. The Hall–Kier alpha value is -2.97. The van der Waals surface area contributed by atoms with E-state index >= 15 is 0 Å². The highest BCUT2D eigenvalue weighted by Gasteiger charge is 2.24. The molecule has 0 unspecified atom stereocenters. The lowest BCUT2D eigenvalue weighted by Crippen LogP contribution is -2.29. The summed E-state index contributed by atoms with van der Waals surface area (Å²) in [6.45, 7) is 0.590. The topological polar surface area (TPSA) is 143 Å². The number of benzene rings is 1. The molecule has 1 aliphatic heterocycles. The monoisotopic (exact) mass is 505 g/mol. The van der Waals surface area contributed by atoms with Crippen molar-refractivity contribution >= 4 is 48.5 Å². The maximum absolute atomic E-state index is 13.1. The molecule has 3 heterocycles. The van der Waals surface area contributed by atoms with Gasteiger partial charge in [0, 0.05) is 31.8 Å². The molecule has 1 amide bonds. The molecule has 3 aromatic rings. The van der Waals surface area contributed by atoms with E-state index in [1.807, 2.05) is 0 Å². The normalized spacial score (nSPS) is 16.8. The van der Waals surface area contributed by atoms with Crippen LogP contribution in [0.5, 0.6) is 0 Å². The molecule has 0 saturated carbocycles. The van der Waals surface area contributed by atoms with Crippen molar-refractivity contribution in [1.82, 2.24) is 14.3 Å². The summed E-state index contributed by atoms with van der Waals surface area (Å²) >= 11 is 1.22. The highest BCUT2D eigenvalue weighted by molar-refractivity contribution is 7.89. The number of thiazole rings is 1. The minimum atomic E-state index is -3.78. The number of sulfonamides is 1. The van der Waals surface area contributed by atoms with E-state index in [1.54, 1.807) is 18.3 Å². The fraction of sp³-hybridized carbons (Fsp3) is 0.333. The molecule has 180 valence electrons. The van der Waals surface area contributed by atoms with Crippen LogP contribution in [0.3, 0.4) is 0 Å². The number of anilines is 1. The first kappa shape index (κ1) is 24.2. The van der Waals surface area contributed by atoms with Crippen LogP contribution < -0.4 is 5.32 Å². The lowest BCUT2D eigenvalue weighted by molar-refractivity contribution is -0.110. The van der Waals surface area contributed by atoms with Crippen LogP contribution in [0.2, 0.25) is 0 Å². The number of carbonyl (C=O) groups is 1. The number of likely N-dealkylation sites (N-methyl/N-ethyl adjacent to an activating group) is 1. The number of aromatic nitrogens is 2. The van der Waals surface area contributed by atoms with Crippen molar-refractivity contribution < 1.29 is 27.9 Å². The summed E-state index contributed by atoms with van der Waals surface area (Å²) in [5, 5.41) is 16.2. The summed E-state index contributed by atoms with van der Waals surface area (Å²) in [7, 11) is -2.40. The van der Waals surface area contributed by atoms with E-state index in [9.17, 15) is 13.2 Å². The predicted octanol–water partition coefficient (Wildman–Crippen LogP) is 1.45. The molecule has 4 rings (SSSR count). The van der Waals surface area contributed by atoms with Gasteiger partial charge < -0.3 is 14.7 Å². The number of carbonyl (C=O) groups excluding carboxylic acids is 1. The molecule has 2 N–H and O–H groups in total. The van der Waals surface area contributed by atoms with Crippen LogP contribution in [0, 0.1) is 0 Å². The number of nitrogens with one attached hydrogen (secondary N) is 1. The van der Waals surface area contributed by atoms with E-state index in [0.29, 0.717) is 40.7 Å². The van der Waals surface area contributed by atoms with Crippen molar-refractivity contribution in [2.24, 2.45) is 5.16 Å². The quantitative estimate of drug-likeness (QED) is 0.329. The maximum Gasteiger partial charge on any atom is 0.280 e. The van der Waals surface area contributed by atoms with Gasteiger partial charge in [-0.05, 0) is 24.3 Å². The number of aliphatic hydroxyl groups excluding tert-OH is 1. The Morgan fingerprint density at radius 1 is 1.35 bits per heavy atom. The molecule has 0 bridgehead atoms. The summed E-state index contributed by atoms with van der Waals surface area (Å²) in [5.74, 6) is -0.564. The molecule has 1 fully saturated rings. The van der Waals surface area contributed by atoms with E-state index in [4.69, 9.17) is 14.7 Å². The van der Waals surface area contributed by atoms with Gasteiger partial charge >= 0.3 is 0 Å². The summed E-state index contributed by atoms with van der Waals surface area (Å²) in [5.41, 5.74) is 0.980. The number of aliphatic hydroxyl groups is 1. The van der Waals surface area contributed by atoms with E-state index in [1.165, 1.54) is 42.6 Å². The lowest BCUT2D eigenvalue weighted by atomic mass is 10.1. The Balaban J connectivity index is 1.60. The Labute approximate surface area is 200 Å². The Morgan fingerprint density at radius 3 is 2.82 bits per heavy atom. The minimum absolute atomic E-state index is 0.0225. The van der Waals surface area contributed by atoms with Crippen molar-refractivity contribution in [2.45, 2.75) is 17.4 Å². The molecule has 1 atom stereocenters. The second-order valence-corrected chi connectivity index (χ2v) is 10.4. The third kappa shape index (κ3) is 5.39. The molecule has 1 aromatic carbocycles. The molecule has 11 nitrogen and oxygen atoms in total. The molecule has 13 heteroatoms. The largest absolute Gasteiger partial charge is 0.395 e. The van der Waals surface area contributed by atoms with Gasteiger partial charge in [0.2, 0.25) is 10.0 Å². The molecule has 0 radical (unpaired) electrons. The number of rotatable bonds is 9. The molecule has 34 heavy (non-hydrogen) atoms. The van der Waals surface area contributed by atoms with Gasteiger partial charge in [-0.25, -0.2) is 18.4 Å². The summed E-state index contributed by atoms with van der Waals surface area (Å²) in [6.07, 6.45) is 2.02. The number of pyridine rings is 1. The Bertz CT molecular complexity index is 1250. The van der Waals surface area contributed by atoms with E-state index in [-0.39, 0.29) is 29.9 Å². The van der Waals surface area contributed by atoms with E-state index < -0.39 is 15.9 Å². The van der Waals surface area contributed by atoms with E-state index in [0.717, 1.165) is 4.31 Å². The fourth-order valence-electron chi connectivity index (χ4n) is 3.15. The second-order valence-electron chi connectivity index (χ2n) is 7.41. The third-order valence-corrected chi connectivity index (χ3v) is 7.80. The van der Waals surface area contributed by atoms with Crippen LogP contribution in [-0.4, -0.2) is 78.9 Å². The highest BCUT2D eigenvalue weighted by Crippen LogP contribution is 2.24. The van der Waals surface area contributed by atoms with Gasteiger partial charge in [-0.1, -0.05) is 28.6 Å². The van der Waals surface area contributed by atoms with Gasteiger partial charge in [-0.15, -0.1) is 0 Å². The first-order chi connectivity index (χ1) is 16.4. The van der Waals surface area contributed by atoms with Crippen LogP contribution in [0.15, 0.2) is 52.6 Å². The first-order valence-electron chi connectivity index (χ1n) is 10.4. The van der Waals surface area contributed by atoms with Crippen LogP contribution in [0.25, 0.3) is 10.3 Å². The molecule has 2 aromatic heterocycles. The van der Waals surface area contributed by atoms with Crippen molar-refractivity contribution in [2.75, 3.05) is 38.7 Å². The van der Waals surface area contributed by atoms with E-state index in [2.05, 4.69) is 20.4 Å². The van der Waals surface area contributed by atoms with Gasteiger partial charge in [-0.3, -0.25) is 10.1 Å². The number of amides is 1. The lowest BCUT2D eigenvalue weighted by Gasteiger charge is -2.16. The smallest absolute Gasteiger partial charge is 0.280 e. The predicted molar refractivity (Wildman–Crippen MR) is 126 cm³/mol. The van der Waals surface area contributed by atoms with Crippen LogP contribution in [-0.2, 0) is 24.4 Å². The summed E-state index contributed by atoms with van der Waals surface area (Å²) in [4.78, 5) is 27.9. The number of oxime groups is 1. The summed E-state index contributed by atoms with van der Waals surface area (Å²) in [6, 6.07) is 9.26. The summed E-state index contributed by atoms with van der Waals surface area (Å²) < 4.78 is 31.6. The average Bonchev–Trinajstić information content (AvgIpc) is 3.49. The number of nitrogens with zero attached hydrogens (tertiary/aromatic N) is 4. The Kier molecular flexibility index (Phi) is 7.48. The Morgan fingerprint density at radius 2 is 2.15 bits per heavy atom.